The molecule has 0 aliphatic heterocycles. The first-order valence-corrected chi connectivity index (χ1v) is 10.7. The molecule has 0 atom stereocenters. The van der Waals surface area contributed by atoms with Crippen molar-refractivity contribution in [2.45, 2.75) is 54.9 Å². The number of aryl methyl sites for hydroxylation is 1. The molecule has 1 heterocycles. The molecule has 2 aromatic carbocycles. The van der Waals surface area contributed by atoms with Gasteiger partial charge in [-0.05, 0) is 50.1 Å². The largest absolute Gasteiger partial charge is 0.423 e. The predicted octanol–water partition coefficient (Wildman–Crippen LogP) is 7.44. The second-order valence-corrected chi connectivity index (χ2v) is 6.13. The Bertz CT molecular complexity index is 869. The van der Waals surface area contributed by atoms with E-state index in [1.807, 2.05) is 71.9 Å². The first kappa shape index (κ1) is 27.2. The van der Waals surface area contributed by atoms with Crippen molar-refractivity contribution in [3.05, 3.63) is 64.5 Å². The van der Waals surface area contributed by atoms with Gasteiger partial charge in [0.2, 0.25) is 12.3 Å². The molecule has 0 spiro atoms. The highest BCUT2D eigenvalue weighted by molar-refractivity contribution is 6.32. The van der Waals surface area contributed by atoms with Crippen LogP contribution in [0.2, 0.25) is 5.02 Å². The van der Waals surface area contributed by atoms with Gasteiger partial charge in [-0.1, -0.05) is 63.9 Å². The van der Waals surface area contributed by atoms with Crippen LogP contribution in [0.1, 0.15) is 57.7 Å². The summed E-state index contributed by atoms with van der Waals surface area (Å²) in [5.74, 6) is 0.565. The molecule has 162 valence electrons. The van der Waals surface area contributed by atoms with Gasteiger partial charge in [-0.3, -0.25) is 0 Å². The standard InChI is InChI=1S/C11H13ClN2.C9H8N2O.2C2H6/c1-3-6-14-10-5-4-9(7-13)11(12)8(10)2;1-7-2-4-8(5-3-7)9-11-10-6-12-9;2*1-2/h4-5,14H,3,6H2,1-2H3;2-6H,1H3;2*1-2H3. The minimum atomic E-state index is 0.534. The zero-order valence-electron chi connectivity index (χ0n) is 19.1. The second kappa shape index (κ2) is 16.0. The first-order chi connectivity index (χ1) is 14.6. The first-order valence-electron chi connectivity index (χ1n) is 10.3. The Labute approximate surface area is 186 Å². The third-order valence-corrected chi connectivity index (χ3v) is 4.22. The molecule has 3 rings (SSSR count). The number of nitriles is 1. The highest BCUT2D eigenvalue weighted by atomic mass is 35.5. The number of nitrogens with one attached hydrogen (secondary N) is 1. The Balaban J connectivity index is 0.000000484. The molecule has 0 saturated heterocycles. The van der Waals surface area contributed by atoms with Crippen LogP contribution in [-0.4, -0.2) is 16.7 Å². The van der Waals surface area contributed by atoms with Gasteiger partial charge >= 0.3 is 0 Å². The Morgan fingerprint density at radius 2 is 1.67 bits per heavy atom. The Hall–Kier alpha value is -2.84. The van der Waals surface area contributed by atoms with Crippen LogP contribution in [0.25, 0.3) is 11.5 Å². The zero-order chi connectivity index (χ0) is 22.9. The van der Waals surface area contributed by atoms with Gasteiger partial charge in [0.25, 0.3) is 0 Å². The molecule has 1 aromatic heterocycles. The van der Waals surface area contributed by atoms with Gasteiger partial charge in [0, 0.05) is 17.8 Å². The van der Waals surface area contributed by atoms with E-state index in [-0.39, 0.29) is 0 Å². The van der Waals surface area contributed by atoms with E-state index < -0.39 is 0 Å². The van der Waals surface area contributed by atoms with Crippen LogP contribution in [0, 0.1) is 25.2 Å². The minimum Gasteiger partial charge on any atom is -0.423 e. The van der Waals surface area contributed by atoms with Crippen LogP contribution in [0.3, 0.4) is 0 Å². The van der Waals surface area contributed by atoms with E-state index in [1.165, 1.54) is 12.0 Å². The summed E-state index contributed by atoms with van der Waals surface area (Å²) >= 11 is 6.01. The summed E-state index contributed by atoms with van der Waals surface area (Å²) < 4.78 is 5.04. The molecule has 0 unspecified atom stereocenters. The Kier molecular flexibility index (Phi) is 14.5. The summed E-state index contributed by atoms with van der Waals surface area (Å²) in [5.41, 5.74) is 4.66. The summed E-state index contributed by atoms with van der Waals surface area (Å²) in [7, 11) is 0. The lowest BCUT2D eigenvalue weighted by Gasteiger charge is -2.10. The molecular formula is C24H33ClN4O. The van der Waals surface area contributed by atoms with Crippen molar-refractivity contribution in [3.63, 3.8) is 0 Å². The van der Waals surface area contributed by atoms with E-state index in [0.717, 1.165) is 29.8 Å². The van der Waals surface area contributed by atoms with Gasteiger partial charge in [0.1, 0.15) is 6.07 Å². The van der Waals surface area contributed by atoms with Gasteiger partial charge in [-0.15, -0.1) is 10.2 Å². The van der Waals surface area contributed by atoms with Crippen molar-refractivity contribution in [3.8, 4) is 17.5 Å². The van der Waals surface area contributed by atoms with E-state index in [4.69, 9.17) is 21.3 Å². The van der Waals surface area contributed by atoms with Gasteiger partial charge in [0.05, 0.1) is 10.6 Å². The van der Waals surface area contributed by atoms with Gasteiger partial charge < -0.3 is 9.73 Å². The lowest BCUT2D eigenvalue weighted by atomic mass is 10.1. The average molecular weight is 429 g/mol. The van der Waals surface area contributed by atoms with Crippen LogP contribution in [-0.2, 0) is 0 Å². The van der Waals surface area contributed by atoms with E-state index in [9.17, 15) is 0 Å². The van der Waals surface area contributed by atoms with E-state index in [1.54, 1.807) is 6.07 Å². The van der Waals surface area contributed by atoms with Crippen molar-refractivity contribution in [2.24, 2.45) is 0 Å². The normalized spacial score (nSPS) is 8.90. The van der Waals surface area contributed by atoms with Crippen molar-refractivity contribution >= 4 is 17.3 Å². The molecule has 3 aromatic rings. The van der Waals surface area contributed by atoms with Crippen LogP contribution >= 0.6 is 11.6 Å². The molecule has 0 saturated carbocycles. The van der Waals surface area contributed by atoms with Gasteiger partial charge in [-0.25, -0.2) is 0 Å². The molecule has 5 nitrogen and oxygen atoms in total. The SMILES string of the molecule is CC.CC.CCCNc1ccc(C#N)c(Cl)c1C.Cc1ccc(-c2nnco2)cc1. The number of hydrogen-bond acceptors (Lipinski definition) is 5. The second-order valence-electron chi connectivity index (χ2n) is 5.75. The summed E-state index contributed by atoms with van der Waals surface area (Å²) in [4.78, 5) is 0. The topological polar surface area (TPSA) is 74.7 Å². The highest BCUT2D eigenvalue weighted by Crippen LogP contribution is 2.26. The molecule has 0 bridgehead atoms. The highest BCUT2D eigenvalue weighted by Gasteiger charge is 2.06. The molecule has 0 aliphatic rings. The third-order valence-electron chi connectivity index (χ3n) is 3.73. The van der Waals surface area contributed by atoms with E-state index in [0.29, 0.717) is 16.5 Å². The molecular weight excluding hydrogens is 396 g/mol. The molecule has 0 fully saturated rings. The average Bonchev–Trinajstić information content (AvgIpc) is 3.34. The molecule has 6 heteroatoms. The van der Waals surface area contributed by atoms with E-state index in [2.05, 4.69) is 28.5 Å². The van der Waals surface area contributed by atoms with Crippen LogP contribution in [0.15, 0.2) is 47.2 Å². The third kappa shape index (κ3) is 8.67. The van der Waals surface area contributed by atoms with E-state index >= 15 is 0 Å². The maximum Gasteiger partial charge on any atom is 0.247 e. The summed E-state index contributed by atoms with van der Waals surface area (Å²) in [6.45, 7) is 15.0. The summed E-state index contributed by atoms with van der Waals surface area (Å²) in [6.07, 6.45) is 2.40. The van der Waals surface area contributed by atoms with Crippen LogP contribution in [0.4, 0.5) is 5.69 Å². The molecule has 0 radical (unpaired) electrons. The predicted molar refractivity (Wildman–Crippen MR) is 127 cm³/mol. The number of benzene rings is 2. The van der Waals surface area contributed by atoms with Crippen molar-refractivity contribution < 1.29 is 4.42 Å². The van der Waals surface area contributed by atoms with Crippen molar-refractivity contribution in [1.29, 1.82) is 5.26 Å². The molecule has 1 N–H and O–H groups in total. The van der Waals surface area contributed by atoms with Gasteiger partial charge in [-0.2, -0.15) is 5.26 Å². The fourth-order valence-corrected chi connectivity index (χ4v) is 2.42. The summed E-state index contributed by atoms with van der Waals surface area (Å²) in [5, 5.41) is 20.0. The zero-order valence-corrected chi connectivity index (χ0v) is 19.8. The van der Waals surface area contributed by atoms with Crippen molar-refractivity contribution in [2.75, 3.05) is 11.9 Å². The van der Waals surface area contributed by atoms with Crippen LogP contribution < -0.4 is 5.32 Å². The number of nitrogens with zero attached hydrogens (tertiary/aromatic N) is 3. The quantitative estimate of drug-likeness (QED) is 0.467. The molecule has 0 amide bonds. The smallest absolute Gasteiger partial charge is 0.247 e. The lowest BCUT2D eigenvalue weighted by molar-refractivity contribution is 0.568. The number of anilines is 1. The number of rotatable bonds is 4. The fraction of sp³-hybridized carbons (Fsp3) is 0.375. The van der Waals surface area contributed by atoms with Crippen molar-refractivity contribution in [1.82, 2.24) is 10.2 Å². The minimum absolute atomic E-state index is 0.534. The number of hydrogen-bond donors (Lipinski definition) is 1. The molecule has 30 heavy (non-hydrogen) atoms. The van der Waals surface area contributed by atoms with Gasteiger partial charge in [0.15, 0.2) is 0 Å². The Morgan fingerprint density at radius 3 is 2.17 bits per heavy atom. The fourth-order valence-electron chi connectivity index (χ4n) is 2.22. The van der Waals surface area contributed by atoms with Crippen LogP contribution in [0.5, 0.6) is 0 Å². The monoisotopic (exact) mass is 428 g/mol. The summed E-state index contributed by atoms with van der Waals surface area (Å²) in [6, 6.07) is 13.7. The lowest BCUT2D eigenvalue weighted by Crippen LogP contribution is -2.02. The number of halogens is 1. The maximum absolute atomic E-state index is 8.75. The number of aromatic nitrogens is 2. The maximum atomic E-state index is 8.75. The molecule has 0 aliphatic carbocycles. The Morgan fingerprint density at radius 1 is 1.03 bits per heavy atom.